The molecule has 0 saturated heterocycles. The van der Waals surface area contributed by atoms with E-state index >= 15 is 0 Å². The Morgan fingerprint density at radius 1 is 1.03 bits per heavy atom. The van der Waals surface area contributed by atoms with Gasteiger partial charge >= 0.3 is 0 Å². The highest BCUT2D eigenvalue weighted by Gasteiger charge is 2.14. The van der Waals surface area contributed by atoms with E-state index in [4.69, 9.17) is 0 Å². The van der Waals surface area contributed by atoms with Crippen LogP contribution in [0.15, 0.2) is 79.7 Å². The van der Waals surface area contributed by atoms with Gasteiger partial charge < -0.3 is 10.4 Å². The molecule has 0 aliphatic rings. The molecule has 0 saturated carbocycles. The van der Waals surface area contributed by atoms with Gasteiger partial charge in [0.05, 0.1) is 15.2 Å². The number of phenols is 1. The van der Waals surface area contributed by atoms with Gasteiger partial charge in [-0.2, -0.15) is 5.10 Å². The summed E-state index contributed by atoms with van der Waals surface area (Å²) < 4.78 is 0.969. The number of nitrogens with zero attached hydrogens (tertiary/aromatic N) is 1. The van der Waals surface area contributed by atoms with Crippen LogP contribution in [-0.2, 0) is 4.79 Å². The molecule has 6 nitrogen and oxygen atoms in total. The van der Waals surface area contributed by atoms with E-state index in [1.54, 1.807) is 48.5 Å². The fourth-order valence-corrected chi connectivity index (χ4v) is 4.22. The monoisotopic (exact) mass is 547 g/mol. The first-order chi connectivity index (χ1) is 14.4. The number of amides is 2. The minimum Gasteiger partial charge on any atom is -0.506 e. The third kappa shape index (κ3) is 5.88. The van der Waals surface area contributed by atoms with Crippen LogP contribution in [-0.4, -0.2) is 23.1 Å². The molecule has 3 rings (SSSR count). The first-order valence-electron chi connectivity index (χ1n) is 8.57. The van der Waals surface area contributed by atoms with Gasteiger partial charge in [0.15, 0.2) is 0 Å². The second-order valence-electron chi connectivity index (χ2n) is 5.93. The van der Waals surface area contributed by atoms with Crippen molar-refractivity contribution < 1.29 is 14.7 Å². The van der Waals surface area contributed by atoms with Crippen molar-refractivity contribution in [1.82, 2.24) is 10.7 Å². The van der Waals surface area contributed by atoms with Crippen molar-refractivity contribution in [3.05, 3.63) is 90.6 Å². The van der Waals surface area contributed by atoms with Crippen LogP contribution in [0.1, 0.15) is 20.8 Å². The minimum absolute atomic E-state index is 0.0662. The van der Waals surface area contributed by atoms with Crippen molar-refractivity contribution in [1.29, 1.82) is 0 Å². The van der Waals surface area contributed by atoms with Gasteiger partial charge in [-0.05, 0) is 79.2 Å². The van der Waals surface area contributed by atoms with Crippen molar-refractivity contribution in [3.63, 3.8) is 0 Å². The molecule has 0 aliphatic heterocycles. The van der Waals surface area contributed by atoms with Crippen LogP contribution in [0.3, 0.4) is 0 Å². The van der Waals surface area contributed by atoms with Gasteiger partial charge in [-0.1, -0.05) is 24.3 Å². The second kappa shape index (κ2) is 10.3. The molecule has 0 unspecified atom stereocenters. The zero-order valence-corrected chi connectivity index (χ0v) is 19.3. The molecule has 2 aromatic carbocycles. The molecule has 1 heterocycles. The number of hydrogen-bond acceptors (Lipinski definition) is 5. The van der Waals surface area contributed by atoms with E-state index in [1.807, 2.05) is 17.5 Å². The lowest BCUT2D eigenvalue weighted by Crippen LogP contribution is -2.32. The summed E-state index contributed by atoms with van der Waals surface area (Å²) in [4.78, 5) is 26.0. The number of phenolic OH excluding ortho intramolecular Hbond substituents is 1. The molecule has 3 aromatic rings. The summed E-state index contributed by atoms with van der Waals surface area (Å²) in [6, 6.07) is 15.6. The van der Waals surface area contributed by atoms with Gasteiger partial charge in [0.1, 0.15) is 11.4 Å². The van der Waals surface area contributed by atoms with Gasteiger partial charge in [0, 0.05) is 10.4 Å². The number of hydrazone groups is 1. The number of halogens is 2. The largest absolute Gasteiger partial charge is 0.506 e. The number of thiophene rings is 1. The third-order valence-electron chi connectivity index (χ3n) is 3.78. The number of benzene rings is 2. The van der Waals surface area contributed by atoms with Gasteiger partial charge in [0.25, 0.3) is 11.8 Å². The molecule has 3 N–H and O–H groups in total. The highest BCUT2D eigenvalue weighted by atomic mass is 79.9. The van der Waals surface area contributed by atoms with Crippen molar-refractivity contribution in [2.45, 2.75) is 0 Å². The molecule has 0 aliphatic carbocycles. The molecule has 0 radical (unpaired) electrons. The molecule has 0 spiro atoms. The average Bonchev–Trinajstić information content (AvgIpc) is 3.25. The lowest BCUT2D eigenvalue weighted by molar-refractivity contribution is -0.117. The van der Waals surface area contributed by atoms with Crippen LogP contribution in [0, 0.1) is 0 Å². The fraction of sp³-hybridized carbons (Fsp3) is 0. The van der Waals surface area contributed by atoms with Crippen molar-refractivity contribution in [3.8, 4) is 5.75 Å². The standard InChI is InChI=1S/C21H15Br2N3O3S/c22-16-9-13(10-17(23)19(16)27)12-24-26-21(29)18(11-15-7-4-8-30-15)25-20(28)14-5-2-1-3-6-14/h1-12,27H,(H,25,28)(H,26,29). The Kier molecular flexibility index (Phi) is 7.56. The topological polar surface area (TPSA) is 90.8 Å². The molecule has 1 aromatic heterocycles. The highest BCUT2D eigenvalue weighted by Crippen LogP contribution is 2.32. The summed E-state index contributed by atoms with van der Waals surface area (Å²) in [6.45, 7) is 0. The van der Waals surface area contributed by atoms with Crippen LogP contribution in [0.25, 0.3) is 6.08 Å². The SMILES string of the molecule is O=C(NN=Cc1cc(Br)c(O)c(Br)c1)C(=Cc1cccs1)NC(=O)c1ccccc1. The van der Waals surface area contributed by atoms with E-state index in [0.717, 1.165) is 4.88 Å². The Morgan fingerprint density at radius 3 is 2.37 bits per heavy atom. The van der Waals surface area contributed by atoms with E-state index < -0.39 is 11.8 Å². The van der Waals surface area contributed by atoms with E-state index in [2.05, 4.69) is 47.7 Å². The molecule has 0 atom stereocenters. The predicted molar refractivity (Wildman–Crippen MR) is 125 cm³/mol. The molecule has 30 heavy (non-hydrogen) atoms. The molecule has 9 heteroatoms. The zero-order valence-electron chi connectivity index (χ0n) is 15.3. The Morgan fingerprint density at radius 2 is 1.73 bits per heavy atom. The van der Waals surface area contributed by atoms with E-state index in [0.29, 0.717) is 20.1 Å². The predicted octanol–water partition coefficient (Wildman–Crippen LogP) is 4.90. The fourth-order valence-electron chi connectivity index (χ4n) is 2.34. The van der Waals surface area contributed by atoms with Gasteiger partial charge in [-0.3, -0.25) is 9.59 Å². The number of nitrogens with one attached hydrogen (secondary N) is 2. The summed E-state index contributed by atoms with van der Waals surface area (Å²) in [6.07, 6.45) is 3.01. The van der Waals surface area contributed by atoms with Crippen molar-refractivity contribution >= 4 is 67.3 Å². The smallest absolute Gasteiger partial charge is 0.287 e. The van der Waals surface area contributed by atoms with Crippen LogP contribution < -0.4 is 10.7 Å². The molecule has 0 fully saturated rings. The van der Waals surface area contributed by atoms with E-state index in [1.165, 1.54) is 17.6 Å². The van der Waals surface area contributed by atoms with Crippen molar-refractivity contribution in [2.24, 2.45) is 5.10 Å². The number of aromatic hydroxyl groups is 1. The number of carbonyl (C=O) groups excluding carboxylic acids is 2. The van der Waals surface area contributed by atoms with Gasteiger partial charge in [-0.15, -0.1) is 11.3 Å². The van der Waals surface area contributed by atoms with Crippen molar-refractivity contribution in [2.75, 3.05) is 0 Å². The second-order valence-corrected chi connectivity index (χ2v) is 8.61. The van der Waals surface area contributed by atoms with Crippen LogP contribution in [0.5, 0.6) is 5.75 Å². The lowest BCUT2D eigenvalue weighted by atomic mass is 10.2. The maximum atomic E-state index is 12.7. The van der Waals surface area contributed by atoms with Crippen LogP contribution >= 0.6 is 43.2 Å². The maximum absolute atomic E-state index is 12.7. The zero-order chi connectivity index (χ0) is 21.5. The number of rotatable bonds is 6. The van der Waals surface area contributed by atoms with Gasteiger partial charge in [0.2, 0.25) is 0 Å². The minimum atomic E-state index is -0.569. The maximum Gasteiger partial charge on any atom is 0.287 e. The number of hydrogen-bond donors (Lipinski definition) is 3. The molecule has 0 bridgehead atoms. The van der Waals surface area contributed by atoms with Gasteiger partial charge in [-0.25, -0.2) is 5.43 Å². The summed E-state index contributed by atoms with van der Waals surface area (Å²) in [5.74, 6) is -0.897. The molecular weight excluding hydrogens is 534 g/mol. The Hall–Kier alpha value is -2.75. The number of carbonyl (C=O) groups is 2. The Bertz CT molecular complexity index is 1090. The van der Waals surface area contributed by atoms with E-state index in [9.17, 15) is 14.7 Å². The third-order valence-corrected chi connectivity index (χ3v) is 5.81. The summed E-state index contributed by atoms with van der Waals surface area (Å²) in [5.41, 5.74) is 3.56. The van der Waals surface area contributed by atoms with Crippen LogP contribution in [0.4, 0.5) is 0 Å². The average molecular weight is 549 g/mol. The summed E-state index contributed by atoms with van der Waals surface area (Å²) in [7, 11) is 0. The Balaban J connectivity index is 1.76. The molecule has 2 amide bonds. The highest BCUT2D eigenvalue weighted by molar-refractivity contribution is 9.11. The first-order valence-corrected chi connectivity index (χ1v) is 11.0. The first kappa shape index (κ1) is 21.9. The quantitative estimate of drug-likeness (QED) is 0.232. The van der Waals surface area contributed by atoms with Crippen LogP contribution in [0.2, 0.25) is 0 Å². The summed E-state index contributed by atoms with van der Waals surface area (Å²) in [5, 5.41) is 18.2. The Labute approximate surface area is 193 Å². The summed E-state index contributed by atoms with van der Waals surface area (Å²) >= 11 is 7.91. The van der Waals surface area contributed by atoms with E-state index in [-0.39, 0.29) is 11.4 Å². The molecule has 152 valence electrons. The lowest BCUT2D eigenvalue weighted by Gasteiger charge is -2.08. The molecular formula is C21H15Br2N3O3S. The normalized spacial score (nSPS) is 11.5.